The molecule has 2 atom stereocenters. The molecule has 0 aromatic carbocycles. The third-order valence-electron chi connectivity index (χ3n) is 4.66. The molecule has 1 aliphatic heterocycles. The van der Waals surface area contributed by atoms with Gasteiger partial charge in [-0.15, -0.1) is 24.8 Å². The number of halogens is 1. The monoisotopic (exact) mass is 281 g/mol. The number of carbonyl (C=O) groups is 1. The van der Waals surface area contributed by atoms with Crippen LogP contribution >= 0.6 is 11.6 Å². The minimum absolute atomic E-state index is 0.126. The van der Waals surface area contributed by atoms with Gasteiger partial charge in [-0.25, -0.2) is 0 Å². The van der Waals surface area contributed by atoms with Crippen molar-refractivity contribution in [3.8, 4) is 0 Å². The summed E-state index contributed by atoms with van der Waals surface area (Å²) >= 11 is 6.44. The molecule has 2 rings (SSSR count). The summed E-state index contributed by atoms with van der Waals surface area (Å²) in [5, 5.41) is 0.126. The van der Waals surface area contributed by atoms with Gasteiger partial charge in [0.2, 0.25) is 5.91 Å². The first-order chi connectivity index (χ1) is 9.14. The van der Waals surface area contributed by atoms with Crippen molar-refractivity contribution in [2.75, 3.05) is 6.54 Å². The molecule has 0 spiro atoms. The van der Waals surface area contributed by atoms with E-state index in [-0.39, 0.29) is 22.7 Å². The van der Waals surface area contributed by atoms with Gasteiger partial charge in [0.1, 0.15) is 0 Å². The molecule has 1 saturated carbocycles. The maximum Gasteiger partial charge on any atom is 0.229 e. The van der Waals surface area contributed by atoms with Crippen LogP contribution in [0.4, 0.5) is 0 Å². The second-order valence-electron chi connectivity index (χ2n) is 5.88. The minimum Gasteiger partial charge on any atom is -0.338 e. The van der Waals surface area contributed by atoms with Crippen molar-refractivity contribution in [3.05, 3.63) is 25.3 Å². The van der Waals surface area contributed by atoms with Crippen molar-refractivity contribution in [1.82, 2.24) is 4.90 Å². The molecular weight excluding hydrogens is 258 g/mol. The number of likely N-dealkylation sites (tertiary alicyclic amines) is 1. The number of nitrogens with zero attached hydrogens (tertiary/aromatic N) is 1. The molecule has 0 radical (unpaired) electrons. The van der Waals surface area contributed by atoms with E-state index in [9.17, 15) is 4.79 Å². The quantitative estimate of drug-likeness (QED) is 0.553. The van der Waals surface area contributed by atoms with Crippen LogP contribution in [0, 0.1) is 5.41 Å². The van der Waals surface area contributed by atoms with Gasteiger partial charge in [0.15, 0.2) is 0 Å². The third kappa shape index (κ3) is 2.74. The second kappa shape index (κ2) is 6.13. The second-order valence-corrected chi connectivity index (χ2v) is 6.44. The van der Waals surface area contributed by atoms with Crippen LogP contribution in [0.15, 0.2) is 25.3 Å². The van der Waals surface area contributed by atoms with E-state index in [4.69, 9.17) is 11.6 Å². The first-order valence-corrected chi connectivity index (χ1v) is 7.75. The first-order valence-electron chi connectivity index (χ1n) is 7.31. The van der Waals surface area contributed by atoms with Gasteiger partial charge in [0, 0.05) is 12.6 Å². The molecular formula is C16H24ClNO. The highest BCUT2D eigenvalue weighted by Gasteiger charge is 2.48. The Kier molecular flexibility index (Phi) is 4.72. The van der Waals surface area contributed by atoms with E-state index >= 15 is 0 Å². The fraction of sp³-hybridized carbons (Fsp3) is 0.688. The van der Waals surface area contributed by atoms with E-state index in [2.05, 4.69) is 13.2 Å². The summed E-state index contributed by atoms with van der Waals surface area (Å²) < 4.78 is 0. The van der Waals surface area contributed by atoms with Crippen LogP contribution in [0.1, 0.15) is 44.9 Å². The van der Waals surface area contributed by atoms with Crippen LogP contribution in [0.25, 0.3) is 0 Å². The molecule has 19 heavy (non-hydrogen) atoms. The highest BCUT2D eigenvalue weighted by atomic mass is 35.5. The van der Waals surface area contributed by atoms with E-state index in [1.807, 2.05) is 17.1 Å². The van der Waals surface area contributed by atoms with Crippen LogP contribution in [-0.4, -0.2) is 28.8 Å². The third-order valence-corrected chi connectivity index (χ3v) is 5.17. The normalized spacial score (nSPS) is 30.4. The molecule has 2 nitrogen and oxygen atoms in total. The topological polar surface area (TPSA) is 20.3 Å². The summed E-state index contributed by atoms with van der Waals surface area (Å²) in [6.07, 6.45) is 10.6. The van der Waals surface area contributed by atoms with Crippen molar-refractivity contribution >= 4 is 17.5 Å². The molecule has 0 N–H and O–H groups in total. The van der Waals surface area contributed by atoms with Crippen LogP contribution in [0.3, 0.4) is 0 Å². The molecule has 2 aliphatic rings. The summed E-state index contributed by atoms with van der Waals surface area (Å²) in [5.41, 5.74) is -0.294. The van der Waals surface area contributed by atoms with Crippen molar-refractivity contribution < 1.29 is 4.79 Å². The van der Waals surface area contributed by atoms with E-state index in [0.29, 0.717) is 0 Å². The molecule has 0 aromatic heterocycles. The van der Waals surface area contributed by atoms with E-state index < -0.39 is 0 Å². The largest absolute Gasteiger partial charge is 0.338 e. The summed E-state index contributed by atoms with van der Waals surface area (Å²) in [6.45, 7) is 8.46. The van der Waals surface area contributed by atoms with E-state index in [0.717, 1.165) is 38.6 Å². The zero-order chi connectivity index (χ0) is 13.9. The van der Waals surface area contributed by atoms with Gasteiger partial charge < -0.3 is 4.90 Å². The maximum atomic E-state index is 12.8. The Balaban J connectivity index is 2.14. The zero-order valence-electron chi connectivity index (χ0n) is 11.6. The smallest absolute Gasteiger partial charge is 0.229 e. The lowest BCUT2D eigenvalue weighted by Gasteiger charge is -2.36. The van der Waals surface area contributed by atoms with Gasteiger partial charge in [0.25, 0.3) is 0 Å². The van der Waals surface area contributed by atoms with Crippen LogP contribution in [0.2, 0.25) is 0 Å². The predicted molar refractivity (Wildman–Crippen MR) is 80.3 cm³/mol. The van der Waals surface area contributed by atoms with Crippen molar-refractivity contribution in [2.24, 2.45) is 5.41 Å². The highest BCUT2D eigenvalue weighted by Crippen LogP contribution is 2.42. The average molecular weight is 282 g/mol. The van der Waals surface area contributed by atoms with E-state index in [1.54, 1.807) is 0 Å². The van der Waals surface area contributed by atoms with Crippen LogP contribution in [0.5, 0.6) is 0 Å². The number of hydrogen-bond donors (Lipinski definition) is 0. The molecule has 2 fully saturated rings. The Labute approximate surface area is 121 Å². The Hall–Kier alpha value is -0.760. The minimum atomic E-state index is -0.294. The summed E-state index contributed by atoms with van der Waals surface area (Å²) in [7, 11) is 0. The number of amides is 1. The zero-order valence-corrected chi connectivity index (χ0v) is 12.4. The lowest BCUT2D eigenvalue weighted by molar-refractivity contribution is -0.138. The van der Waals surface area contributed by atoms with Crippen molar-refractivity contribution in [3.63, 3.8) is 0 Å². The fourth-order valence-electron chi connectivity index (χ4n) is 3.60. The van der Waals surface area contributed by atoms with Crippen molar-refractivity contribution in [2.45, 2.75) is 56.4 Å². The van der Waals surface area contributed by atoms with Gasteiger partial charge in [-0.05, 0) is 32.1 Å². The van der Waals surface area contributed by atoms with Crippen LogP contribution in [-0.2, 0) is 4.79 Å². The molecule has 106 valence electrons. The lowest BCUT2D eigenvalue weighted by atomic mass is 9.79. The summed E-state index contributed by atoms with van der Waals surface area (Å²) in [5.74, 6) is 0.268. The molecule has 2 unspecified atom stereocenters. The SMILES string of the molecule is C=CCC1(CC=C)CCN(C2CCCCC2Cl)C1=O. The lowest BCUT2D eigenvalue weighted by Crippen LogP contribution is -2.46. The molecule has 1 amide bonds. The number of rotatable bonds is 5. The maximum absolute atomic E-state index is 12.8. The molecule has 0 bridgehead atoms. The number of alkyl halides is 1. The molecule has 1 saturated heterocycles. The number of allylic oxidation sites excluding steroid dienone is 2. The standard InChI is InChI=1S/C16H24ClNO/c1-3-9-16(10-4-2)11-12-18(15(16)19)14-8-6-5-7-13(14)17/h3-4,13-14H,1-2,5-12H2. The average Bonchev–Trinajstić information content (AvgIpc) is 2.69. The Bertz CT molecular complexity index is 356. The molecule has 0 aromatic rings. The first kappa shape index (κ1) is 14.6. The molecule has 1 heterocycles. The van der Waals surface area contributed by atoms with E-state index in [1.165, 1.54) is 12.8 Å². The van der Waals surface area contributed by atoms with Gasteiger partial charge in [-0.2, -0.15) is 0 Å². The van der Waals surface area contributed by atoms with Gasteiger partial charge >= 0.3 is 0 Å². The Morgan fingerprint density at radius 2 is 1.89 bits per heavy atom. The predicted octanol–water partition coefficient (Wildman–Crippen LogP) is 3.91. The van der Waals surface area contributed by atoms with Crippen LogP contribution < -0.4 is 0 Å². The summed E-state index contributed by atoms with van der Waals surface area (Å²) in [4.78, 5) is 14.9. The fourth-order valence-corrected chi connectivity index (χ4v) is 4.01. The Morgan fingerprint density at radius 1 is 1.26 bits per heavy atom. The van der Waals surface area contributed by atoms with Gasteiger partial charge in [-0.1, -0.05) is 25.0 Å². The molecule has 1 aliphatic carbocycles. The molecule has 3 heteroatoms. The number of hydrogen-bond acceptors (Lipinski definition) is 1. The Morgan fingerprint density at radius 3 is 2.47 bits per heavy atom. The highest BCUT2D eigenvalue weighted by molar-refractivity contribution is 6.21. The van der Waals surface area contributed by atoms with Gasteiger partial charge in [0.05, 0.1) is 10.8 Å². The summed E-state index contributed by atoms with van der Waals surface area (Å²) in [6, 6.07) is 0.236. The van der Waals surface area contributed by atoms with Gasteiger partial charge in [-0.3, -0.25) is 4.79 Å². The number of carbonyl (C=O) groups excluding carboxylic acids is 1. The van der Waals surface area contributed by atoms with Crippen molar-refractivity contribution in [1.29, 1.82) is 0 Å².